The Bertz CT molecular complexity index is 1060. The van der Waals surface area contributed by atoms with Gasteiger partial charge in [0.1, 0.15) is 5.75 Å². The molecule has 8 atom stereocenters. The van der Waals surface area contributed by atoms with Gasteiger partial charge in [-0.25, -0.2) is 0 Å². The summed E-state index contributed by atoms with van der Waals surface area (Å²) in [7, 11) is 0. The Labute approximate surface area is 256 Å². The molecule has 3 saturated carbocycles. The Morgan fingerprint density at radius 2 is 1.76 bits per heavy atom. The minimum absolute atomic E-state index is 0.223. The van der Waals surface area contributed by atoms with Crippen molar-refractivity contribution in [2.45, 2.75) is 130 Å². The lowest BCUT2D eigenvalue weighted by Gasteiger charge is -2.58. The molecule has 4 aliphatic carbocycles. The normalized spacial score (nSPS) is 35.3. The van der Waals surface area contributed by atoms with Gasteiger partial charge in [0.2, 0.25) is 5.12 Å². The smallest absolute Gasteiger partial charge is 0.219 e. The van der Waals surface area contributed by atoms with Gasteiger partial charge >= 0.3 is 0 Å². The summed E-state index contributed by atoms with van der Waals surface area (Å²) in [6.07, 6.45) is 19.7. The summed E-state index contributed by atoms with van der Waals surface area (Å²) in [5.41, 5.74) is 3.40. The summed E-state index contributed by atoms with van der Waals surface area (Å²) in [6, 6.07) is 7.82. The average Bonchev–Trinajstić information content (AvgIpc) is 3.31. The molecule has 41 heavy (non-hydrogen) atoms. The average molecular weight is 579 g/mol. The number of allylic oxidation sites excluding steroid dienone is 2. The summed E-state index contributed by atoms with van der Waals surface area (Å²) < 4.78 is 5.79. The van der Waals surface area contributed by atoms with E-state index in [2.05, 4.69) is 47.6 Å². The maximum absolute atomic E-state index is 13.2. The highest BCUT2D eigenvalue weighted by atomic mass is 32.2. The summed E-state index contributed by atoms with van der Waals surface area (Å²) in [6.45, 7) is 15.6. The zero-order valence-corrected chi connectivity index (χ0v) is 27.9. The van der Waals surface area contributed by atoms with Gasteiger partial charge in [-0.1, -0.05) is 90.6 Å². The Morgan fingerprint density at radius 1 is 0.976 bits per heavy atom. The van der Waals surface area contributed by atoms with Gasteiger partial charge in [-0.05, 0) is 128 Å². The van der Waals surface area contributed by atoms with Gasteiger partial charge in [-0.3, -0.25) is 4.79 Å². The van der Waals surface area contributed by atoms with E-state index in [1.807, 2.05) is 24.3 Å². The molecule has 1 aromatic carbocycles. The fourth-order valence-corrected chi connectivity index (χ4v) is 11.1. The first kappa shape index (κ1) is 31.2. The van der Waals surface area contributed by atoms with Crippen LogP contribution in [0.2, 0.25) is 0 Å². The van der Waals surface area contributed by atoms with Crippen LogP contribution in [0.25, 0.3) is 0 Å². The van der Waals surface area contributed by atoms with Crippen molar-refractivity contribution in [3.63, 3.8) is 0 Å². The second kappa shape index (κ2) is 13.2. The van der Waals surface area contributed by atoms with E-state index in [4.69, 9.17) is 4.74 Å². The van der Waals surface area contributed by atoms with E-state index in [9.17, 15) is 4.79 Å². The Hall–Kier alpha value is -1.22. The molecule has 228 valence electrons. The van der Waals surface area contributed by atoms with Crippen LogP contribution in [0.15, 0.2) is 35.9 Å². The van der Waals surface area contributed by atoms with E-state index in [0.717, 1.165) is 72.7 Å². The molecule has 0 unspecified atom stereocenters. The highest BCUT2D eigenvalue weighted by Gasteiger charge is 2.59. The van der Waals surface area contributed by atoms with Crippen molar-refractivity contribution >= 4 is 16.9 Å². The van der Waals surface area contributed by atoms with E-state index in [0.29, 0.717) is 16.1 Å². The fourth-order valence-electron chi connectivity index (χ4n) is 9.99. The van der Waals surface area contributed by atoms with Crippen LogP contribution in [-0.4, -0.2) is 17.0 Å². The van der Waals surface area contributed by atoms with Crippen LogP contribution in [-0.2, 0) is 0 Å². The van der Waals surface area contributed by atoms with Crippen LogP contribution < -0.4 is 4.74 Å². The van der Waals surface area contributed by atoms with Crippen molar-refractivity contribution in [2.24, 2.45) is 46.3 Å². The van der Waals surface area contributed by atoms with Gasteiger partial charge in [0, 0.05) is 10.8 Å². The third-order valence-corrected chi connectivity index (χ3v) is 13.6. The Kier molecular flexibility index (Phi) is 10.0. The van der Waals surface area contributed by atoms with Crippen LogP contribution in [0.5, 0.6) is 5.75 Å². The number of carbonyl (C=O) groups is 1. The molecule has 3 fully saturated rings. The van der Waals surface area contributed by atoms with Gasteiger partial charge in [0.05, 0.1) is 6.61 Å². The number of ether oxygens (including phenoxy) is 1. The molecule has 4 aliphatic rings. The zero-order valence-electron chi connectivity index (χ0n) is 27.1. The van der Waals surface area contributed by atoms with Crippen molar-refractivity contribution in [2.75, 3.05) is 6.61 Å². The molecule has 0 saturated heterocycles. The lowest BCUT2D eigenvalue weighted by Crippen LogP contribution is -2.50. The highest BCUT2D eigenvalue weighted by Crippen LogP contribution is 2.67. The highest BCUT2D eigenvalue weighted by molar-refractivity contribution is 8.14. The molecule has 0 aromatic heterocycles. The standard InChI is InChI=1S/C38H58O2S/c1-7-8-24-40-30-15-12-28(13-16-30)36(39)41-31-20-22-37(5)29(25-31)14-17-32-34-19-18-33(27(4)11-9-10-26(2)3)38(34,6)23-21-35(32)37/h12-16,26-27,31-35H,7-11,17-25H2,1-6H3/t27-,31-,32+,33-,34+,35+,37+,38-/m1/s1. The number of fused-ring (bicyclic) bond motifs is 5. The van der Waals surface area contributed by atoms with E-state index < -0.39 is 0 Å². The largest absolute Gasteiger partial charge is 0.494 e. The quantitative estimate of drug-likeness (QED) is 0.193. The van der Waals surface area contributed by atoms with E-state index in [-0.39, 0.29) is 5.12 Å². The molecule has 0 N–H and O–H groups in total. The summed E-state index contributed by atoms with van der Waals surface area (Å²) in [4.78, 5) is 13.2. The lowest BCUT2D eigenvalue weighted by molar-refractivity contribution is -0.0497. The molecule has 2 nitrogen and oxygen atoms in total. The number of unbranched alkanes of at least 4 members (excludes halogenated alkanes) is 1. The molecular formula is C38H58O2S. The van der Waals surface area contributed by atoms with Gasteiger partial charge < -0.3 is 4.74 Å². The number of rotatable bonds is 11. The monoisotopic (exact) mass is 578 g/mol. The second-order valence-corrected chi connectivity index (χ2v) is 16.6. The number of benzene rings is 1. The Balaban J connectivity index is 1.19. The summed E-state index contributed by atoms with van der Waals surface area (Å²) >= 11 is 1.59. The topological polar surface area (TPSA) is 26.3 Å². The Morgan fingerprint density at radius 3 is 2.49 bits per heavy atom. The molecular weight excluding hydrogens is 520 g/mol. The molecule has 0 bridgehead atoms. The van der Waals surface area contributed by atoms with Crippen molar-refractivity contribution in [1.29, 1.82) is 0 Å². The zero-order chi connectivity index (χ0) is 29.2. The molecule has 0 radical (unpaired) electrons. The van der Waals surface area contributed by atoms with Crippen LogP contribution in [0.1, 0.15) is 135 Å². The maximum atomic E-state index is 13.2. The fraction of sp³-hybridized carbons (Fsp3) is 0.763. The summed E-state index contributed by atoms with van der Waals surface area (Å²) in [5, 5.41) is 0.635. The van der Waals surface area contributed by atoms with Gasteiger partial charge in [-0.2, -0.15) is 0 Å². The van der Waals surface area contributed by atoms with Crippen LogP contribution >= 0.6 is 11.8 Å². The van der Waals surface area contributed by atoms with Crippen LogP contribution in [0.4, 0.5) is 0 Å². The van der Waals surface area contributed by atoms with E-state index in [1.165, 1.54) is 64.2 Å². The first-order valence-corrected chi connectivity index (χ1v) is 18.2. The van der Waals surface area contributed by atoms with E-state index >= 15 is 0 Å². The van der Waals surface area contributed by atoms with E-state index in [1.54, 1.807) is 17.3 Å². The summed E-state index contributed by atoms with van der Waals surface area (Å²) in [5.74, 6) is 6.14. The predicted molar refractivity (Wildman–Crippen MR) is 176 cm³/mol. The molecule has 3 heteroatoms. The number of hydrogen-bond donors (Lipinski definition) is 0. The van der Waals surface area contributed by atoms with Gasteiger partial charge in [0.25, 0.3) is 0 Å². The lowest BCUT2D eigenvalue weighted by atomic mass is 9.47. The van der Waals surface area contributed by atoms with Crippen molar-refractivity contribution < 1.29 is 9.53 Å². The maximum Gasteiger partial charge on any atom is 0.219 e. The van der Waals surface area contributed by atoms with Crippen molar-refractivity contribution in [3.05, 3.63) is 41.5 Å². The van der Waals surface area contributed by atoms with Gasteiger partial charge in [0.15, 0.2) is 0 Å². The van der Waals surface area contributed by atoms with Crippen molar-refractivity contribution in [1.82, 2.24) is 0 Å². The molecule has 0 spiro atoms. The molecule has 0 amide bonds. The predicted octanol–water partition coefficient (Wildman–Crippen LogP) is 11.1. The molecule has 1 aromatic rings. The SMILES string of the molecule is CCCCOc1ccc(C(=O)S[C@@H]2CC[C@@]3(C)C(=CC[C@H]4[C@@H]5CC[C@H]([C@H](C)CCCC(C)C)[C@@]5(C)CC[C@@H]43)C2)cc1. The third kappa shape index (κ3) is 6.51. The number of hydrogen-bond acceptors (Lipinski definition) is 3. The van der Waals surface area contributed by atoms with Crippen molar-refractivity contribution in [3.8, 4) is 5.75 Å². The van der Waals surface area contributed by atoms with Crippen LogP contribution in [0, 0.1) is 46.3 Å². The molecule has 5 rings (SSSR count). The second-order valence-electron chi connectivity index (χ2n) is 15.3. The minimum Gasteiger partial charge on any atom is -0.494 e. The van der Waals surface area contributed by atoms with Crippen LogP contribution in [0.3, 0.4) is 0 Å². The first-order chi connectivity index (χ1) is 19.7. The molecule has 0 aliphatic heterocycles. The number of carbonyl (C=O) groups excluding carboxylic acids is 1. The molecule has 0 heterocycles. The minimum atomic E-state index is 0.223. The number of thioether (sulfide) groups is 1. The first-order valence-electron chi connectivity index (χ1n) is 17.3. The third-order valence-electron chi connectivity index (χ3n) is 12.4. The van der Waals surface area contributed by atoms with Gasteiger partial charge in [-0.15, -0.1) is 0 Å².